The predicted molar refractivity (Wildman–Crippen MR) is 132 cm³/mol. The van der Waals surface area contributed by atoms with Crippen molar-refractivity contribution in [2.45, 2.75) is 58.0 Å². The third kappa shape index (κ3) is 5.45. The molecular formula is C23H31F2N4O8P. The summed E-state index contributed by atoms with van der Waals surface area (Å²) in [7, 11) is -4.63. The molecule has 1 saturated heterocycles. The van der Waals surface area contributed by atoms with E-state index < -0.39 is 68.4 Å². The number of aliphatic carboxylic acids is 1. The Morgan fingerprint density at radius 3 is 2.45 bits per heavy atom. The van der Waals surface area contributed by atoms with Crippen LogP contribution in [0.3, 0.4) is 0 Å². The highest BCUT2D eigenvalue weighted by Gasteiger charge is 2.68. The van der Waals surface area contributed by atoms with Gasteiger partial charge in [0.05, 0.1) is 24.7 Å². The van der Waals surface area contributed by atoms with Crippen LogP contribution in [0.5, 0.6) is 5.75 Å². The molecule has 3 rings (SSSR count). The summed E-state index contributed by atoms with van der Waals surface area (Å²) in [6.07, 6.45) is -2.79. The number of carboxylic acid groups (broad SMARTS) is 1. The van der Waals surface area contributed by atoms with E-state index in [1.165, 1.54) is 19.1 Å². The Morgan fingerprint density at radius 1 is 1.29 bits per heavy atom. The van der Waals surface area contributed by atoms with Gasteiger partial charge >= 0.3 is 25.3 Å². The number of nitrogens with zero attached hydrogens (tertiary/aromatic N) is 3. The second-order valence-corrected chi connectivity index (χ2v) is 11.2. The Balaban J connectivity index is 2.03. The Labute approximate surface area is 217 Å². The van der Waals surface area contributed by atoms with Gasteiger partial charge in [-0.2, -0.15) is 9.65 Å². The number of para-hydroxylation sites is 1. The highest BCUT2D eigenvalue weighted by atomic mass is 31.2. The number of aromatic nitrogens is 2. The standard InChI is InChI=1S/C23H31F2N4O8P/c1-14(2)29(15(3)19(31)32)38(34,37-16-8-6-5-7-9-16)35-13-22(4)17(12-30)36-20(23(22,24)25)28-11-10-18(26)27-21(28)33/h5-11,14-15,17,20,30H,12-13H2,1-4H3,(H,31,32)(H2,26,27,33)/t15-,17+,20-,22+,38?/m0/s1. The summed E-state index contributed by atoms with van der Waals surface area (Å²) in [6.45, 7) is 3.49. The lowest BCUT2D eigenvalue weighted by molar-refractivity contribution is -0.154. The summed E-state index contributed by atoms with van der Waals surface area (Å²) in [5.41, 5.74) is 2.00. The zero-order valence-corrected chi connectivity index (χ0v) is 22.1. The van der Waals surface area contributed by atoms with Crippen molar-refractivity contribution in [2.24, 2.45) is 5.41 Å². The molecule has 210 valence electrons. The molecule has 1 aromatic heterocycles. The van der Waals surface area contributed by atoms with Gasteiger partial charge in [0.15, 0.2) is 0 Å². The van der Waals surface area contributed by atoms with Gasteiger partial charge in [-0.3, -0.25) is 13.9 Å². The number of aliphatic hydroxyl groups excluding tert-OH is 1. The quantitative estimate of drug-likeness (QED) is 0.346. The lowest BCUT2D eigenvalue weighted by Gasteiger charge is -2.39. The molecule has 1 fully saturated rings. The third-order valence-electron chi connectivity index (χ3n) is 6.40. The lowest BCUT2D eigenvalue weighted by atomic mass is 9.80. The number of hydrogen-bond donors (Lipinski definition) is 3. The monoisotopic (exact) mass is 560 g/mol. The van der Waals surface area contributed by atoms with Crippen LogP contribution in [0.15, 0.2) is 47.4 Å². The van der Waals surface area contributed by atoms with Crippen LogP contribution in [-0.4, -0.2) is 67.7 Å². The van der Waals surface area contributed by atoms with Crippen LogP contribution in [0.25, 0.3) is 0 Å². The van der Waals surface area contributed by atoms with Gasteiger partial charge in [0, 0.05) is 12.2 Å². The van der Waals surface area contributed by atoms with Crippen LogP contribution in [0.1, 0.15) is 33.9 Å². The molecule has 2 heterocycles. The average molecular weight is 560 g/mol. The molecule has 12 nitrogen and oxygen atoms in total. The number of ether oxygens (including phenoxy) is 1. The molecule has 15 heteroatoms. The Kier molecular flexibility index (Phi) is 8.64. The first-order valence-corrected chi connectivity index (χ1v) is 13.2. The van der Waals surface area contributed by atoms with E-state index in [0.717, 1.165) is 23.9 Å². The topological polar surface area (TPSA) is 166 Å². The highest BCUT2D eigenvalue weighted by Crippen LogP contribution is 2.60. The molecule has 5 atom stereocenters. The maximum absolute atomic E-state index is 15.9. The Bertz CT molecular complexity index is 1250. The molecule has 0 bridgehead atoms. The van der Waals surface area contributed by atoms with Crippen molar-refractivity contribution in [3.8, 4) is 5.75 Å². The van der Waals surface area contributed by atoms with Crippen molar-refractivity contribution < 1.29 is 42.1 Å². The van der Waals surface area contributed by atoms with Crippen molar-refractivity contribution in [3.63, 3.8) is 0 Å². The molecule has 0 saturated carbocycles. The predicted octanol–water partition coefficient (Wildman–Crippen LogP) is 2.74. The first-order chi connectivity index (χ1) is 17.7. The minimum Gasteiger partial charge on any atom is -0.480 e. The minimum atomic E-state index is -4.63. The van der Waals surface area contributed by atoms with Crippen LogP contribution in [-0.2, 0) is 18.6 Å². The number of carbonyl (C=O) groups is 1. The number of aliphatic hydroxyl groups is 1. The van der Waals surface area contributed by atoms with Crippen molar-refractivity contribution >= 4 is 19.5 Å². The van der Waals surface area contributed by atoms with Gasteiger partial charge in [-0.25, -0.2) is 18.1 Å². The highest BCUT2D eigenvalue weighted by molar-refractivity contribution is 7.51. The number of nitrogens with two attached hydrogens (primary N) is 1. The number of rotatable bonds is 11. The van der Waals surface area contributed by atoms with E-state index in [1.54, 1.807) is 32.0 Å². The number of benzene rings is 1. The lowest BCUT2D eigenvalue weighted by Crippen LogP contribution is -2.50. The average Bonchev–Trinajstić information content (AvgIpc) is 3.03. The van der Waals surface area contributed by atoms with E-state index in [9.17, 15) is 24.4 Å². The Hall–Kier alpha value is -2.90. The van der Waals surface area contributed by atoms with Gasteiger partial charge in [0.25, 0.3) is 0 Å². The van der Waals surface area contributed by atoms with Crippen LogP contribution in [0.2, 0.25) is 0 Å². The number of carboxylic acids is 1. The molecule has 1 unspecified atom stereocenters. The third-order valence-corrected chi connectivity index (χ3v) is 8.67. The molecule has 1 aromatic carbocycles. The van der Waals surface area contributed by atoms with Crippen molar-refractivity contribution in [2.75, 3.05) is 18.9 Å². The molecule has 1 aliphatic heterocycles. The number of hydrogen-bond acceptors (Lipinski definition) is 9. The number of alkyl halides is 2. The second-order valence-electron chi connectivity index (χ2n) is 9.38. The number of halogens is 2. The van der Waals surface area contributed by atoms with Crippen molar-refractivity contribution in [1.29, 1.82) is 0 Å². The molecule has 0 spiro atoms. The fourth-order valence-electron chi connectivity index (χ4n) is 4.19. The van der Waals surface area contributed by atoms with Gasteiger partial charge in [0.2, 0.25) is 6.23 Å². The number of anilines is 1. The molecule has 1 aliphatic rings. The molecule has 0 radical (unpaired) electrons. The van der Waals surface area contributed by atoms with Gasteiger partial charge in [0.1, 0.15) is 17.6 Å². The van der Waals surface area contributed by atoms with E-state index in [0.29, 0.717) is 4.57 Å². The summed E-state index contributed by atoms with van der Waals surface area (Å²) in [5, 5.41) is 19.5. The first kappa shape index (κ1) is 29.7. The zero-order chi connectivity index (χ0) is 28.5. The molecule has 38 heavy (non-hydrogen) atoms. The van der Waals surface area contributed by atoms with Gasteiger partial charge in [-0.1, -0.05) is 18.2 Å². The SMILES string of the molecule is CC(C)N([C@@H](C)C(=O)O)P(=O)(OC[C@]1(C)[C@@H](CO)O[C@H](n2ccc(N)nc2=O)C1(F)F)Oc1ccccc1. The zero-order valence-electron chi connectivity index (χ0n) is 21.2. The van der Waals surface area contributed by atoms with E-state index >= 15 is 8.78 Å². The van der Waals surface area contributed by atoms with Crippen molar-refractivity contribution in [3.05, 3.63) is 53.1 Å². The molecule has 4 N–H and O–H groups in total. The summed E-state index contributed by atoms with van der Waals surface area (Å²) in [6, 6.07) is 6.73. The smallest absolute Gasteiger partial charge is 0.462 e. The van der Waals surface area contributed by atoms with E-state index in [1.807, 2.05) is 0 Å². The summed E-state index contributed by atoms with van der Waals surface area (Å²) >= 11 is 0. The maximum Gasteiger partial charge on any atom is 0.462 e. The van der Waals surface area contributed by atoms with Crippen LogP contribution in [0, 0.1) is 5.41 Å². The molecule has 0 aliphatic carbocycles. The fourth-order valence-corrected chi connectivity index (χ4v) is 6.38. The van der Waals surface area contributed by atoms with Crippen LogP contribution < -0.4 is 15.9 Å². The summed E-state index contributed by atoms with van der Waals surface area (Å²) < 4.78 is 64.2. The first-order valence-electron chi connectivity index (χ1n) is 11.7. The maximum atomic E-state index is 15.9. The van der Waals surface area contributed by atoms with Gasteiger partial charge in [-0.05, 0) is 45.9 Å². The second kappa shape index (κ2) is 11.1. The van der Waals surface area contributed by atoms with Crippen molar-refractivity contribution in [1.82, 2.24) is 14.2 Å². The van der Waals surface area contributed by atoms with E-state index in [4.69, 9.17) is 19.5 Å². The van der Waals surface area contributed by atoms with Crippen LogP contribution >= 0.6 is 7.75 Å². The van der Waals surface area contributed by atoms with Crippen LogP contribution in [0.4, 0.5) is 14.6 Å². The molecule has 2 aromatic rings. The number of nitrogen functional groups attached to an aromatic ring is 1. The summed E-state index contributed by atoms with van der Waals surface area (Å²) in [4.78, 5) is 27.6. The van der Waals surface area contributed by atoms with Gasteiger partial charge in [-0.15, -0.1) is 0 Å². The normalized spacial score (nSPS) is 25.3. The fraction of sp³-hybridized carbons (Fsp3) is 0.522. The van der Waals surface area contributed by atoms with Gasteiger partial charge < -0.3 is 25.2 Å². The molecule has 0 amide bonds. The largest absolute Gasteiger partial charge is 0.480 e. The molecular weight excluding hydrogens is 529 g/mol. The summed E-state index contributed by atoms with van der Waals surface area (Å²) in [5.74, 6) is -5.35. The Morgan fingerprint density at radius 2 is 1.92 bits per heavy atom. The van der Waals surface area contributed by atoms with E-state index in [2.05, 4.69) is 4.98 Å². The van der Waals surface area contributed by atoms with E-state index in [-0.39, 0.29) is 11.6 Å². The minimum absolute atomic E-state index is 0.0507.